The van der Waals surface area contributed by atoms with Crippen molar-refractivity contribution < 1.29 is 14.3 Å². The molecule has 0 radical (unpaired) electrons. The molecule has 2 aliphatic heterocycles. The van der Waals surface area contributed by atoms with Gasteiger partial charge in [0.05, 0.1) is 6.61 Å². The highest BCUT2D eigenvalue weighted by atomic mass is 16.7. The summed E-state index contributed by atoms with van der Waals surface area (Å²) in [6, 6.07) is 0. The highest BCUT2D eigenvalue weighted by Crippen LogP contribution is 2.47. The average Bonchev–Trinajstić information content (AvgIpc) is 2.57. The monoisotopic (exact) mass is 222 g/mol. The van der Waals surface area contributed by atoms with Crippen LogP contribution < -0.4 is 0 Å². The summed E-state index contributed by atoms with van der Waals surface area (Å²) >= 11 is 0. The van der Waals surface area contributed by atoms with Crippen molar-refractivity contribution >= 4 is 5.97 Å². The Morgan fingerprint density at radius 3 is 2.75 bits per heavy atom. The van der Waals surface area contributed by atoms with Crippen molar-refractivity contribution in [3.05, 3.63) is 11.1 Å². The Hall–Kier alpha value is -0.830. The lowest BCUT2D eigenvalue weighted by atomic mass is 9.69. The molecule has 2 heterocycles. The van der Waals surface area contributed by atoms with E-state index < -0.39 is 0 Å². The van der Waals surface area contributed by atoms with Gasteiger partial charge in [-0.05, 0) is 31.6 Å². The summed E-state index contributed by atoms with van der Waals surface area (Å²) in [7, 11) is 0. The number of ether oxygens (including phenoxy) is 2. The largest absolute Gasteiger partial charge is 0.428 e. The van der Waals surface area contributed by atoms with Gasteiger partial charge in [0.2, 0.25) is 6.29 Å². The van der Waals surface area contributed by atoms with E-state index in [1.807, 2.05) is 6.92 Å². The van der Waals surface area contributed by atoms with Crippen molar-refractivity contribution in [2.24, 2.45) is 5.41 Å². The maximum atomic E-state index is 11.5. The van der Waals surface area contributed by atoms with E-state index in [2.05, 4.69) is 0 Å². The zero-order valence-corrected chi connectivity index (χ0v) is 9.75. The molecule has 1 saturated heterocycles. The standard InChI is InChI=1S/C13H18O3/c1-9-10-7-13(5-3-2-4-6-13)8-15-12(10)16-11(9)14/h12H,2-8H2,1H3. The first-order chi connectivity index (χ1) is 7.70. The number of rotatable bonds is 0. The Kier molecular flexibility index (Phi) is 2.32. The van der Waals surface area contributed by atoms with Crippen LogP contribution in [0, 0.1) is 5.41 Å². The van der Waals surface area contributed by atoms with Crippen LogP contribution in [0.15, 0.2) is 11.1 Å². The van der Waals surface area contributed by atoms with Gasteiger partial charge in [-0.15, -0.1) is 0 Å². The van der Waals surface area contributed by atoms with Crippen molar-refractivity contribution in [1.82, 2.24) is 0 Å². The second-order valence-corrected chi connectivity index (χ2v) is 5.44. The first-order valence-corrected chi connectivity index (χ1v) is 6.22. The van der Waals surface area contributed by atoms with Gasteiger partial charge in [0, 0.05) is 11.1 Å². The molecule has 2 fully saturated rings. The number of carbonyl (C=O) groups excluding carboxylic acids is 1. The van der Waals surface area contributed by atoms with Crippen LogP contribution in [0.3, 0.4) is 0 Å². The first kappa shape index (κ1) is 10.3. The minimum absolute atomic E-state index is 0.187. The normalized spacial score (nSPS) is 32.8. The predicted octanol–water partition coefficient (Wildman–Crippen LogP) is 2.56. The minimum atomic E-state index is -0.361. The molecule has 3 nitrogen and oxygen atoms in total. The molecule has 0 bridgehead atoms. The van der Waals surface area contributed by atoms with E-state index in [1.54, 1.807) is 0 Å². The molecule has 3 rings (SSSR count). The van der Waals surface area contributed by atoms with E-state index in [4.69, 9.17) is 9.47 Å². The van der Waals surface area contributed by atoms with Gasteiger partial charge in [0.25, 0.3) is 0 Å². The molecule has 3 aliphatic rings. The summed E-state index contributed by atoms with van der Waals surface area (Å²) < 4.78 is 10.9. The fourth-order valence-corrected chi connectivity index (χ4v) is 3.25. The highest BCUT2D eigenvalue weighted by molar-refractivity contribution is 5.91. The molecule has 1 saturated carbocycles. The van der Waals surface area contributed by atoms with Crippen molar-refractivity contribution in [2.75, 3.05) is 6.61 Å². The van der Waals surface area contributed by atoms with E-state index >= 15 is 0 Å². The molecule has 88 valence electrons. The molecular weight excluding hydrogens is 204 g/mol. The summed E-state index contributed by atoms with van der Waals surface area (Å²) in [6.07, 6.45) is 7.08. The average molecular weight is 222 g/mol. The van der Waals surface area contributed by atoms with Gasteiger partial charge in [0.15, 0.2) is 0 Å². The van der Waals surface area contributed by atoms with Crippen LogP contribution in [0.25, 0.3) is 0 Å². The lowest BCUT2D eigenvalue weighted by Crippen LogP contribution is -2.38. The van der Waals surface area contributed by atoms with Gasteiger partial charge >= 0.3 is 5.97 Å². The lowest BCUT2D eigenvalue weighted by molar-refractivity contribution is -0.175. The van der Waals surface area contributed by atoms with E-state index in [0.29, 0.717) is 5.41 Å². The molecule has 1 unspecified atom stereocenters. The van der Waals surface area contributed by atoms with Gasteiger partial charge in [-0.25, -0.2) is 4.79 Å². The van der Waals surface area contributed by atoms with Crippen LogP contribution in [0.5, 0.6) is 0 Å². The highest BCUT2D eigenvalue weighted by Gasteiger charge is 2.44. The van der Waals surface area contributed by atoms with Crippen molar-refractivity contribution in [3.63, 3.8) is 0 Å². The number of hydrogen-bond donors (Lipinski definition) is 0. The molecule has 0 N–H and O–H groups in total. The third-order valence-electron chi connectivity index (χ3n) is 4.31. The van der Waals surface area contributed by atoms with Crippen LogP contribution in [-0.4, -0.2) is 18.9 Å². The lowest BCUT2D eigenvalue weighted by Gasteiger charge is -2.42. The third-order valence-corrected chi connectivity index (χ3v) is 4.31. The summed E-state index contributed by atoms with van der Waals surface area (Å²) in [5.74, 6) is -0.187. The minimum Gasteiger partial charge on any atom is -0.428 e. The van der Waals surface area contributed by atoms with Crippen LogP contribution in [-0.2, 0) is 14.3 Å². The first-order valence-electron chi connectivity index (χ1n) is 6.22. The molecule has 1 aliphatic carbocycles. The molecule has 3 heteroatoms. The van der Waals surface area contributed by atoms with Crippen LogP contribution >= 0.6 is 0 Å². The van der Waals surface area contributed by atoms with E-state index in [-0.39, 0.29) is 12.3 Å². The SMILES string of the molecule is CC1=C2CC3(CCCCC3)COC2OC1=O. The zero-order chi connectivity index (χ0) is 11.2. The number of esters is 1. The van der Waals surface area contributed by atoms with Crippen LogP contribution in [0.4, 0.5) is 0 Å². The van der Waals surface area contributed by atoms with Gasteiger partial charge in [-0.3, -0.25) is 0 Å². The van der Waals surface area contributed by atoms with Crippen molar-refractivity contribution in [3.8, 4) is 0 Å². The molecule has 0 amide bonds. The maximum absolute atomic E-state index is 11.5. The maximum Gasteiger partial charge on any atom is 0.336 e. The van der Waals surface area contributed by atoms with E-state index in [9.17, 15) is 4.79 Å². The fraction of sp³-hybridized carbons (Fsp3) is 0.769. The molecule has 0 aromatic carbocycles. The Balaban J connectivity index is 1.85. The molecule has 0 aromatic heterocycles. The topological polar surface area (TPSA) is 35.5 Å². The Morgan fingerprint density at radius 2 is 2.00 bits per heavy atom. The Bertz CT molecular complexity index is 350. The second-order valence-electron chi connectivity index (χ2n) is 5.44. The zero-order valence-electron chi connectivity index (χ0n) is 9.75. The van der Waals surface area contributed by atoms with E-state index in [0.717, 1.165) is 24.2 Å². The summed E-state index contributed by atoms with van der Waals surface area (Å²) in [6.45, 7) is 2.63. The fourth-order valence-electron chi connectivity index (χ4n) is 3.25. The number of carbonyl (C=O) groups is 1. The Morgan fingerprint density at radius 1 is 1.25 bits per heavy atom. The molecule has 1 atom stereocenters. The van der Waals surface area contributed by atoms with Gasteiger partial charge in [-0.2, -0.15) is 0 Å². The number of fused-ring (bicyclic) bond motifs is 1. The van der Waals surface area contributed by atoms with Crippen LogP contribution in [0.2, 0.25) is 0 Å². The third kappa shape index (κ3) is 1.49. The summed E-state index contributed by atoms with van der Waals surface area (Å²) in [5.41, 5.74) is 2.20. The second kappa shape index (κ2) is 3.59. The van der Waals surface area contributed by atoms with Gasteiger partial charge in [-0.1, -0.05) is 19.3 Å². The molecule has 1 spiro atoms. The molecule has 16 heavy (non-hydrogen) atoms. The van der Waals surface area contributed by atoms with Crippen molar-refractivity contribution in [2.45, 2.75) is 51.7 Å². The molecule has 0 aromatic rings. The van der Waals surface area contributed by atoms with Crippen LogP contribution in [0.1, 0.15) is 45.4 Å². The van der Waals surface area contributed by atoms with Gasteiger partial charge in [0.1, 0.15) is 0 Å². The summed E-state index contributed by atoms with van der Waals surface area (Å²) in [5, 5.41) is 0. The smallest absolute Gasteiger partial charge is 0.336 e. The summed E-state index contributed by atoms with van der Waals surface area (Å²) in [4.78, 5) is 11.5. The molecular formula is C13H18O3. The van der Waals surface area contributed by atoms with Crippen molar-refractivity contribution in [1.29, 1.82) is 0 Å². The quantitative estimate of drug-likeness (QED) is 0.591. The number of hydrogen-bond acceptors (Lipinski definition) is 3. The Labute approximate surface area is 95.8 Å². The van der Waals surface area contributed by atoms with Gasteiger partial charge < -0.3 is 9.47 Å². The predicted molar refractivity (Wildman–Crippen MR) is 58.7 cm³/mol. The van der Waals surface area contributed by atoms with E-state index in [1.165, 1.54) is 32.1 Å².